The largest absolute Gasteiger partial charge is 0.350 e. The van der Waals surface area contributed by atoms with Crippen molar-refractivity contribution in [1.82, 2.24) is 9.88 Å². The summed E-state index contributed by atoms with van der Waals surface area (Å²) in [6.07, 6.45) is 4.61. The molecule has 0 saturated carbocycles. The molecule has 1 aliphatic rings. The summed E-state index contributed by atoms with van der Waals surface area (Å²) in [5.74, 6) is -0.298. The summed E-state index contributed by atoms with van der Waals surface area (Å²) >= 11 is 0. The van der Waals surface area contributed by atoms with Gasteiger partial charge in [0.2, 0.25) is 5.43 Å². The predicted molar refractivity (Wildman–Crippen MR) is 98.8 cm³/mol. The van der Waals surface area contributed by atoms with Gasteiger partial charge in [0.05, 0.1) is 11.6 Å². The van der Waals surface area contributed by atoms with Gasteiger partial charge in [-0.25, -0.2) is 0 Å². The third kappa shape index (κ3) is 2.74. The molecule has 0 saturated heterocycles. The summed E-state index contributed by atoms with van der Waals surface area (Å²) in [4.78, 5) is 25.6. The molecule has 1 aliphatic carbocycles. The molecule has 1 atom stereocenters. The zero-order valence-electron chi connectivity index (χ0n) is 14.2. The van der Waals surface area contributed by atoms with Crippen molar-refractivity contribution in [3.05, 3.63) is 81.6 Å². The minimum Gasteiger partial charge on any atom is -0.350 e. The lowest BCUT2D eigenvalue weighted by Gasteiger charge is -2.26. The number of nitrogens with zero attached hydrogens (tertiary/aromatic N) is 1. The Kier molecular flexibility index (Phi) is 3.88. The number of hydrogen-bond acceptors (Lipinski definition) is 2. The average Bonchev–Trinajstić information content (AvgIpc) is 2.65. The predicted octanol–water partition coefficient (Wildman–Crippen LogP) is 3.35. The van der Waals surface area contributed by atoms with Crippen LogP contribution in [0, 0.1) is 0 Å². The van der Waals surface area contributed by atoms with E-state index < -0.39 is 0 Å². The highest BCUT2D eigenvalue weighted by Gasteiger charge is 2.23. The van der Waals surface area contributed by atoms with E-state index in [1.54, 1.807) is 12.3 Å². The Morgan fingerprint density at radius 1 is 1.12 bits per heavy atom. The maximum absolute atomic E-state index is 12.8. The van der Waals surface area contributed by atoms with E-state index in [4.69, 9.17) is 0 Å². The summed E-state index contributed by atoms with van der Waals surface area (Å²) in [7, 11) is 1.86. The monoisotopic (exact) mass is 332 g/mol. The maximum atomic E-state index is 12.8. The number of para-hydroxylation sites is 1. The van der Waals surface area contributed by atoms with E-state index in [1.807, 2.05) is 41.9 Å². The van der Waals surface area contributed by atoms with Crippen molar-refractivity contribution in [2.75, 3.05) is 0 Å². The van der Waals surface area contributed by atoms with Gasteiger partial charge in [-0.2, -0.15) is 0 Å². The van der Waals surface area contributed by atoms with E-state index in [0.29, 0.717) is 5.39 Å². The van der Waals surface area contributed by atoms with Gasteiger partial charge >= 0.3 is 0 Å². The van der Waals surface area contributed by atoms with Crippen molar-refractivity contribution < 1.29 is 4.79 Å². The van der Waals surface area contributed by atoms with Crippen LogP contribution in [0.5, 0.6) is 0 Å². The lowest BCUT2D eigenvalue weighted by atomic mass is 9.87. The van der Waals surface area contributed by atoms with Crippen LogP contribution in [-0.2, 0) is 13.5 Å². The minimum atomic E-state index is -0.298. The standard InChI is InChI=1S/C21H20N2O2/c1-23-13-17(20(24)16-10-4-5-12-19(16)23)21(25)22-18-11-6-8-14-7-2-3-9-15(14)18/h2-5,7,9-10,12-13,18H,6,8,11H2,1H3,(H,22,25)/t18-/m0/s1. The molecule has 2 aromatic carbocycles. The molecule has 1 heterocycles. The molecule has 3 aromatic rings. The van der Waals surface area contributed by atoms with Gasteiger partial charge in [-0.3, -0.25) is 9.59 Å². The Labute approximate surface area is 146 Å². The van der Waals surface area contributed by atoms with Crippen molar-refractivity contribution in [3.63, 3.8) is 0 Å². The molecule has 0 unspecified atom stereocenters. The molecule has 4 nitrogen and oxygen atoms in total. The van der Waals surface area contributed by atoms with E-state index >= 15 is 0 Å². The number of rotatable bonds is 2. The number of fused-ring (bicyclic) bond motifs is 2. The summed E-state index contributed by atoms with van der Waals surface area (Å²) in [6.45, 7) is 0. The highest BCUT2D eigenvalue weighted by molar-refractivity contribution is 5.97. The molecule has 0 fully saturated rings. The van der Waals surface area contributed by atoms with E-state index in [1.165, 1.54) is 11.1 Å². The summed E-state index contributed by atoms with van der Waals surface area (Å²) in [5, 5.41) is 3.64. The average molecular weight is 332 g/mol. The number of pyridine rings is 1. The molecule has 1 N–H and O–H groups in total. The number of aromatic nitrogens is 1. The van der Waals surface area contributed by atoms with Crippen molar-refractivity contribution in [1.29, 1.82) is 0 Å². The number of aryl methyl sites for hydroxylation is 2. The van der Waals surface area contributed by atoms with Crippen LogP contribution in [0.4, 0.5) is 0 Å². The number of hydrogen-bond donors (Lipinski definition) is 1. The van der Waals surface area contributed by atoms with Crippen LogP contribution in [0.15, 0.2) is 59.5 Å². The first-order valence-electron chi connectivity index (χ1n) is 8.62. The van der Waals surface area contributed by atoms with Gasteiger partial charge in [0.15, 0.2) is 0 Å². The lowest BCUT2D eigenvalue weighted by molar-refractivity contribution is 0.0931. The first kappa shape index (κ1) is 15.6. The maximum Gasteiger partial charge on any atom is 0.257 e. The molecule has 0 bridgehead atoms. The van der Waals surface area contributed by atoms with Gasteiger partial charge in [0.25, 0.3) is 5.91 Å². The Morgan fingerprint density at radius 2 is 1.88 bits per heavy atom. The highest BCUT2D eigenvalue weighted by atomic mass is 16.2. The third-order valence-corrected chi connectivity index (χ3v) is 5.02. The molecule has 25 heavy (non-hydrogen) atoms. The molecule has 126 valence electrons. The molecule has 1 aromatic heterocycles. The Balaban J connectivity index is 1.70. The second-order valence-corrected chi connectivity index (χ2v) is 6.62. The first-order valence-corrected chi connectivity index (χ1v) is 8.62. The topological polar surface area (TPSA) is 51.1 Å². The van der Waals surface area contributed by atoms with Crippen LogP contribution in [0.2, 0.25) is 0 Å². The molecule has 4 heteroatoms. The van der Waals surface area contributed by atoms with Gasteiger partial charge in [-0.15, -0.1) is 0 Å². The van der Waals surface area contributed by atoms with Gasteiger partial charge in [0.1, 0.15) is 5.56 Å². The summed E-state index contributed by atoms with van der Waals surface area (Å²) in [6, 6.07) is 15.5. The van der Waals surface area contributed by atoms with Gasteiger partial charge in [-0.05, 0) is 42.5 Å². The first-order chi connectivity index (χ1) is 12.1. The number of carbonyl (C=O) groups is 1. The number of nitrogens with one attached hydrogen (secondary N) is 1. The summed E-state index contributed by atoms with van der Waals surface area (Å²) < 4.78 is 1.83. The van der Waals surface area contributed by atoms with Gasteiger partial charge in [0, 0.05) is 18.6 Å². The zero-order chi connectivity index (χ0) is 17.4. The molecule has 4 rings (SSSR count). The van der Waals surface area contributed by atoms with Crippen molar-refractivity contribution >= 4 is 16.8 Å². The van der Waals surface area contributed by atoms with Crippen LogP contribution < -0.4 is 10.7 Å². The molecular weight excluding hydrogens is 312 g/mol. The number of benzene rings is 2. The minimum absolute atomic E-state index is 0.0337. The van der Waals surface area contributed by atoms with Gasteiger partial charge in [-0.1, -0.05) is 36.4 Å². The molecule has 1 amide bonds. The van der Waals surface area contributed by atoms with E-state index in [9.17, 15) is 9.59 Å². The molecular formula is C21H20N2O2. The quantitative estimate of drug-likeness (QED) is 0.782. The second-order valence-electron chi connectivity index (χ2n) is 6.62. The van der Waals surface area contributed by atoms with Crippen molar-refractivity contribution in [3.8, 4) is 0 Å². The van der Waals surface area contributed by atoms with Crippen LogP contribution in [0.3, 0.4) is 0 Å². The Hall–Kier alpha value is -2.88. The second kappa shape index (κ2) is 6.20. The normalized spacial score (nSPS) is 16.4. The SMILES string of the molecule is Cn1cc(C(=O)N[C@H]2CCCc3ccccc32)c(=O)c2ccccc21. The lowest BCUT2D eigenvalue weighted by Crippen LogP contribution is -2.34. The molecule has 0 aliphatic heterocycles. The van der Waals surface area contributed by atoms with E-state index in [0.717, 1.165) is 24.8 Å². The zero-order valence-corrected chi connectivity index (χ0v) is 14.2. The van der Waals surface area contributed by atoms with E-state index in [-0.39, 0.29) is 22.9 Å². The van der Waals surface area contributed by atoms with Crippen molar-refractivity contribution in [2.24, 2.45) is 7.05 Å². The fourth-order valence-corrected chi connectivity index (χ4v) is 3.74. The molecule has 0 radical (unpaired) electrons. The van der Waals surface area contributed by atoms with Crippen molar-refractivity contribution in [2.45, 2.75) is 25.3 Å². The van der Waals surface area contributed by atoms with Crippen LogP contribution >= 0.6 is 0 Å². The van der Waals surface area contributed by atoms with Crippen LogP contribution in [-0.4, -0.2) is 10.5 Å². The van der Waals surface area contributed by atoms with Gasteiger partial charge < -0.3 is 9.88 Å². The Morgan fingerprint density at radius 3 is 2.76 bits per heavy atom. The van der Waals surface area contributed by atoms with E-state index in [2.05, 4.69) is 17.4 Å². The Bertz CT molecular complexity index is 1020. The number of amides is 1. The third-order valence-electron chi connectivity index (χ3n) is 5.02. The van der Waals surface area contributed by atoms with Crippen LogP contribution in [0.25, 0.3) is 10.9 Å². The molecule has 0 spiro atoms. The summed E-state index contributed by atoms with van der Waals surface area (Å²) in [5.41, 5.74) is 3.26. The van der Waals surface area contributed by atoms with Crippen LogP contribution in [0.1, 0.15) is 40.4 Å². The fourth-order valence-electron chi connectivity index (χ4n) is 3.74. The smallest absolute Gasteiger partial charge is 0.257 e. The highest BCUT2D eigenvalue weighted by Crippen LogP contribution is 2.29. The number of carbonyl (C=O) groups excluding carboxylic acids is 1. The fraction of sp³-hybridized carbons (Fsp3) is 0.238.